The van der Waals surface area contributed by atoms with Crippen LogP contribution in [-0.2, 0) is 4.79 Å². The van der Waals surface area contributed by atoms with E-state index in [1.165, 1.54) is 0 Å². The van der Waals surface area contributed by atoms with Gasteiger partial charge in [0.2, 0.25) is 5.91 Å². The van der Waals surface area contributed by atoms with E-state index in [0.717, 1.165) is 16.8 Å². The van der Waals surface area contributed by atoms with Crippen LogP contribution in [-0.4, -0.2) is 45.5 Å². The van der Waals surface area contributed by atoms with Crippen molar-refractivity contribution < 1.29 is 9.59 Å². The Morgan fingerprint density at radius 2 is 1.92 bits per heavy atom. The number of carbonyl (C=O) groups is 2. The number of nitrogens with zero attached hydrogens (tertiary/aromatic N) is 4. The molecule has 1 fully saturated rings. The maximum Gasteiger partial charge on any atom is 0.258 e. The van der Waals surface area contributed by atoms with Crippen molar-refractivity contribution in [3.8, 4) is 0 Å². The van der Waals surface area contributed by atoms with Gasteiger partial charge in [-0.1, -0.05) is 23.8 Å². The second kappa shape index (κ2) is 6.29. The van der Waals surface area contributed by atoms with Gasteiger partial charge >= 0.3 is 0 Å². The number of pyridine rings is 1. The normalized spacial score (nSPS) is 17.8. The van der Waals surface area contributed by atoms with Gasteiger partial charge in [0.25, 0.3) is 5.91 Å². The fraction of sp³-hybridized carbons (Fsp3) is 0.250. The number of piperazine rings is 1. The zero-order chi connectivity index (χ0) is 18.3. The summed E-state index contributed by atoms with van der Waals surface area (Å²) >= 11 is 0. The molecule has 6 nitrogen and oxygen atoms in total. The van der Waals surface area contributed by atoms with Crippen molar-refractivity contribution in [1.29, 1.82) is 0 Å². The van der Waals surface area contributed by atoms with Crippen molar-refractivity contribution in [2.45, 2.75) is 19.9 Å². The van der Waals surface area contributed by atoms with Gasteiger partial charge in [-0.3, -0.25) is 9.59 Å². The molecule has 0 N–H and O–H groups in total. The van der Waals surface area contributed by atoms with Gasteiger partial charge in [-0.15, -0.1) is 0 Å². The lowest BCUT2D eigenvalue weighted by Gasteiger charge is -2.39. The lowest BCUT2D eigenvalue weighted by molar-refractivity contribution is -0.121. The van der Waals surface area contributed by atoms with E-state index in [-0.39, 0.29) is 24.4 Å². The van der Waals surface area contributed by atoms with Crippen molar-refractivity contribution in [2.24, 2.45) is 0 Å². The lowest BCUT2D eigenvalue weighted by atomic mass is 10.1. The number of benzene rings is 1. The maximum absolute atomic E-state index is 13.0. The Hall–Kier alpha value is -3.15. The molecule has 1 aromatic carbocycles. The zero-order valence-corrected chi connectivity index (χ0v) is 14.8. The van der Waals surface area contributed by atoms with Crippen molar-refractivity contribution in [1.82, 2.24) is 14.5 Å². The fourth-order valence-electron chi connectivity index (χ4n) is 3.35. The topological polar surface area (TPSA) is 57.9 Å². The van der Waals surface area contributed by atoms with Crippen LogP contribution in [0.3, 0.4) is 0 Å². The van der Waals surface area contributed by atoms with E-state index in [0.29, 0.717) is 12.1 Å². The van der Waals surface area contributed by atoms with E-state index < -0.39 is 0 Å². The van der Waals surface area contributed by atoms with Gasteiger partial charge in [0.1, 0.15) is 6.54 Å². The molecule has 2 aromatic heterocycles. The second-order valence-electron chi connectivity index (χ2n) is 6.71. The molecule has 4 rings (SSSR count). The number of carbonyl (C=O) groups excluding carboxylic acids is 2. The van der Waals surface area contributed by atoms with Crippen LogP contribution in [0.5, 0.6) is 0 Å². The van der Waals surface area contributed by atoms with Crippen LogP contribution in [0.25, 0.3) is 5.52 Å². The predicted octanol–water partition coefficient (Wildman–Crippen LogP) is 2.52. The Morgan fingerprint density at radius 3 is 2.69 bits per heavy atom. The molecular formula is C20H20N4O2. The monoisotopic (exact) mass is 348 g/mol. The highest BCUT2D eigenvalue weighted by atomic mass is 16.2. The minimum Gasteiger partial charge on any atom is -0.325 e. The number of amides is 2. The highest BCUT2D eigenvalue weighted by molar-refractivity contribution is 6.05. The standard InChI is InChI=1S/C20H20N4O2/c1-14-6-8-16(9-7-14)23-12-15(2)22(13-19(23)25)20(26)17-11-21-24-10-4-3-5-18(17)24/h3-11,15H,12-13H2,1-2H3/t15-/m0/s1. The van der Waals surface area contributed by atoms with Gasteiger partial charge in [-0.2, -0.15) is 5.10 Å². The summed E-state index contributed by atoms with van der Waals surface area (Å²) in [4.78, 5) is 29.1. The summed E-state index contributed by atoms with van der Waals surface area (Å²) in [7, 11) is 0. The summed E-state index contributed by atoms with van der Waals surface area (Å²) in [6.07, 6.45) is 3.37. The van der Waals surface area contributed by atoms with E-state index in [1.807, 2.05) is 56.3 Å². The van der Waals surface area contributed by atoms with Crippen LogP contribution in [0.2, 0.25) is 0 Å². The average molecular weight is 348 g/mol. The number of fused-ring (bicyclic) bond motifs is 1. The quantitative estimate of drug-likeness (QED) is 0.715. The molecule has 1 saturated heterocycles. The Morgan fingerprint density at radius 1 is 1.15 bits per heavy atom. The van der Waals surface area contributed by atoms with Crippen LogP contribution in [0.1, 0.15) is 22.8 Å². The van der Waals surface area contributed by atoms with Gasteiger partial charge < -0.3 is 9.80 Å². The third-order valence-electron chi connectivity index (χ3n) is 4.85. The zero-order valence-electron chi connectivity index (χ0n) is 14.8. The smallest absolute Gasteiger partial charge is 0.258 e. The van der Waals surface area contributed by atoms with E-state index in [4.69, 9.17) is 0 Å². The molecule has 0 aliphatic carbocycles. The van der Waals surface area contributed by atoms with Gasteiger partial charge in [0.05, 0.1) is 17.3 Å². The number of aromatic nitrogens is 2. The van der Waals surface area contributed by atoms with E-state index >= 15 is 0 Å². The summed E-state index contributed by atoms with van der Waals surface area (Å²) in [6, 6.07) is 13.4. The molecule has 1 aliphatic rings. The van der Waals surface area contributed by atoms with Crippen LogP contribution in [0, 0.1) is 6.92 Å². The Balaban J connectivity index is 1.58. The van der Waals surface area contributed by atoms with Gasteiger partial charge in [-0.05, 0) is 38.1 Å². The Kier molecular flexibility index (Phi) is 3.95. The first kappa shape index (κ1) is 16.3. The molecule has 2 amide bonds. The molecule has 1 aliphatic heterocycles. The first-order valence-corrected chi connectivity index (χ1v) is 8.65. The van der Waals surface area contributed by atoms with Crippen LogP contribution in [0.4, 0.5) is 5.69 Å². The molecule has 3 heterocycles. The minimum atomic E-state index is -0.157. The van der Waals surface area contributed by atoms with Gasteiger partial charge in [-0.25, -0.2) is 4.52 Å². The molecule has 0 unspecified atom stereocenters. The Bertz CT molecular complexity index is 977. The predicted molar refractivity (Wildman–Crippen MR) is 99.2 cm³/mol. The third kappa shape index (κ3) is 2.73. The van der Waals surface area contributed by atoms with E-state index in [9.17, 15) is 9.59 Å². The Labute approximate surface area is 151 Å². The second-order valence-corrected chi connectivity index (χ2v) is 6.71. The molecular weight excluding hydrogens is 328 g/mol. The van der Waals surface area contributed by atoms with E-state index in [2.05, 4.69) is 5.10 Å². The number of hydrogen-bond acceptors (Lipinski definition) is 3. The van der Waals surface area contributed by atoms with Gasteiger partial charge in [0.15, 0.2) is 0 Å². The van der Waals surface area contributed by atoms with Crippen LogP contribution >= 0.6 is 0 Å². The van der Waals surface area contributed by atoms with E-state index in [1.54, 1.807) is 26.7 Å². The van der Waals surface area contributed by atoms with Crippen molar-refractivity contribution in [2.75, 3.05) is 18.0 Å². The number of aryl methyl sites for hydroxylation is 1. The van der Waals surface area contributed by atoms with Crippen LogP contribution in [0.15, 0.2) is 54.9 Å². The lowest BCUT2D eigenvalue weighted by Crippen LogP contribution is -2.57. The largest absolute Gasteiger partial charge is 0.325 e. The van der Waals surface area contributed by atoms with Gasteiger partial charge in [0, 0.05) is 24.5 Å². The summed E-state index contributed by atoms with van der Waals surface area (Å²) in [5.74, 6) is -0.229. The molecule has 0 saturated carbocycles. The molecule has 0 spiro atoms. The summed E-state index contributed by atoms with van der Waals surface area (Å²) in [6.45, 7) is 4.53. The number of anilines is 1. The summed E-state index contributed by atoms with van der Waals surface area (Å²) < 4.78 is 1.67. The molecule has 0 radical (unpaired) electrons. The van der Waals surface area contributed by atoms with Crippen LogP contribution < -0.4 is 4.90 Å². The number of hydrogen-bond donors (Lipinski definition) is 0. The minimum absolute atomic E-state index is 0.0675. The van der Waals surface area contributed by atoms with Crippen molar-refractivity contribution in [3.63, 3.8) is 0 Å². The third-order valence-corrected chi connectivity index (χ3v) is 4.85. The van der Waals surface area contributed by atoms with Crippen molar-refractivity contribution >= 4 is 23.0 Å². The number of rotatable bonds is 2. The highest BCUT2D eigenvalue weighted by Gasteiger charge is 2.34. The molecule has 3 aromatic rings. The summed E-state index contributed by atoms with van der Waals surface area (Å²) in [5.41, 5.74) is 3.29. The molecule has 0 bridgehead atoms. The maximum atomic E-state index is 13.0. The SMILES string of the molecule is Cc1ccc(N2C[C@H](C)N(C(=O)c3cnn4ccccc34)CC2=O)cc1. The van der Waals surface area contributed by atoms with Crippen molar-refractivity contribution in [3.05, 3.63) is 66.0 Å². The first-order valence-electron chi connectivity index (χ1n) is 8.65. The molecule has 132 valence electrons. The average Bonchev–Trinajstić information content (AvgIpc) is 3.08. The fourth-order valence-corrected chi connectivity index (χ4v) is 3.35. The first-order chi connectivity index (χ1) is 12.5. The molecule has 1 atom stereocenters. The molecule has 6 heteroatoms. The molecule has 26 heavy (non-hydrogen) atoms. The highest BCUT2D eigenvalue weighted by Crippen LogP contribution is 2.23. The summed E-state index contributed by atoms with van der Waals surface area (Å²) in [5, 5.41) is 4.22.